The second-order valence-electron chi connectivity index (χ2n) is 8.14. The molecular weight excluding hydrogens is 488 g/mol. The third kappa shape index (κ3) is 5.08. The molecule has 1 saturated heterocycles. The van der Waals surface area contributed by atoms with Crippen LogP contribution in [0.15, 0.2) is 52.9 Å². The van der Waals surface area contributed by atoms with E-state index < -0.39 is 33.5 Å². The Morgan fingerprint density at radius 2 is 1.72 bits per heavy atom. The van der Waals surface area contributed by atoms with Gasteiger partial charge in [-0.3, -0.25) is 9.59 Å². The topological polar surface area (TPSA) is 123 Å². The highest BCUT2D eigenvalue weighted by Crippen LogP contribution is 2.42. The molecule has 0 unspecified atom stereocenters. The van der Waals surface area contributed by atoms with Crippen LogP contribution in [-0.4, -0.2) is 82.5 Å². The van der Waals surface area contributed by atoms with Crippen LogP contribution in [0.1, 0.15) is 24.1 Å². The SMILES string of the molecule is CCOc1ccc([C@@H]2/C(=C(\O)c3ccc(S(=O)(=O)N(C)C)cc3)C(=O)C(=O)N2CCOC)cc1OC. The number of methoxy groups -OCH3 is 2. The largest absolute Gasteiger partial charge is 0.507 e. The van der Waals surface area contributed by atoms with Gasteiger partial charge in [0, 0.05) is 33.3 Å². The molecule has 0 radical (unpaired) electrons. The molecule has 0 aliphatic carbocycles. The van der Waals surface area contributed by atoms with Crippen LogP contribution in [-0.2, 0) is 24.3 Å². The highest BCUT2D eigenvalue weighted by Gasteiger charge is 2.46. The molecule has 2 aromatic rings. The van der Waals surface area contributed by atoms with E-state index in [1.807, 2.05) is 6.92 Å². The lowest BCUT2D eigenvalue weighted by Gasteiger charge is -2.25. The maximum absolute atomic E-state index is 13.1. The zero-order chi connectivity index (χ0) is 26.6. The van der Waals surface area contributed by atoms with Crippen molar-refractivity contribution >= 4 is 27.5 Å². The number of aliphatic hydroxyl groups excluding tert-OH is 1. The normalized spacial score (nSPS) is 17.6. The number of ketones is 1. The Labute approximate surface area is 210 Å². The summed E-state index contributed by atoms with van der Waals surface area (Å²) in [6, 6.07) is 9.56. The summed E-state index contributed by atoms with van der Waals surface area (Å²) in [5.74, 6) is -1.15. The first-order valence-corrected chi connectivity index (χ1v) is 12.6. The van der Waals surface area contributed by atoms with Gasteiger partial charge in [-0.25, -0.2) is 12.7 Å². The predicted molar refractivity (Wildman–Crippen MR) is 132 cm³/mol. The van der Waals surface area contributed by atoms with Crippen molar-refractivity contribution in [1.29, 1.82) is 0 Å². The molecule has 1 fully saturated rings. The number of Topliss-reactive ketones (excluding diaryl/α,β-unsaturated/α-hetero) is 1. The summed E-state index contributed by atoms with van der Waals surface area (Å²) in [6.45, 7) is 2.54. The molecule has 36 heavy (non-hydrogen) atoms. The summed E-state index contributed by atoms with van der Waals surface area (Å²) in [5.41, 5.74) is 0.602. The van der Waals surface area contributed by atoms with Crippen LogP contribution in [0.5, 0.6) is 11.5 Å². The number of sulfonamides is 1. The van der Waals surface area contributed by atoms with Crippen LogP contribution >= 0.6 is 0 Å². The summed E-state index contributed by atoms with van der Waals surface area (Å²) in [7, 11) is 2.10. The molecule has 1 aliphatic heterocycles. The Morgan fingerprint density at radius 3 is 2.28 bits per heavy atom. The monoisotopic (exact) mass is 518 g/mol. The lowest BCUT2D eigenvalue weighted by molar-refractivity contribution is -0.140. The Hall–Kier alpha value is -3.41. The maximum Gasteiger partial charge on any atom is 0.295 e. The molecule has 10 nitrogen and oxygen atoms in total. The lowest BCUT2D eigenvalue weighted by atomic mass is 9.95. The molecule has 0 aromatic heterocycles. The molecule has 1 aliphatic rings. The Balaban J connectivity index is 2.16. The maximum atomic E-state index is 13.1. The fourth-order valence-corrected chi connectivity index (χ4v) is 4.83. The van der Waals surface area contributed by atoms with Crippen molar-refractivity contribution < 1.29 is 37.3 Å². The molecule has 3 rings (SSSR count). The zero-order valence-electron chi connectivity index (χ0n) is 20.8. The Morgan fingerprint density at radius 1 is 1.06 bits per heavy atom. The molecule has 1 atom stereocenters. The van der Waals surface area contributed by atoms with Gasteiger partial charge in [-0.15, -0.1) is 0 Å². The molecule has 1 amide bonds. The number of hydrogen-bond donors (Lipinski definition) is 1. The van der Waals surface area contributed by atoms with Gasteiger partial charge in [-0.1, -0.05) is 6.07 Å². The molecule has 0 spiro atoms. The highest BCUT2D eigenvalue weighted by molar-refractivity contribution is 7.89. The number of aliphatic hydroxyl groups is 1. The first-order chi connectivity index (χ1) is 17.1. The third-order valence-electron chi connectivity index (χ3n) is 5.79. The number of hydrogen-bond acceptors (Lipinski definition) is 8. The van der Waals surface area contributed by atoms with Gasteiger partial charge >= 0.3 is 0 Å². The van der Waals surface area contributed by atoms with Crippen molar-refractivity contribution in [3.05, 3.63) is 59.2 Å². The minimum absolute atomic E-state index is 0.0254. The Kier molecular flexibility index (Phi) is 8.39. The summed E-state index contributed by atoms with van der Waals surface area (Å²) in [6.07, 6.45) is 0. The fraction of sp³-hybridized carbons (Fsp3) is 0.360. The van der Waals surface area contributed by atoms with E-state index in [0.29, 0.717) is 23.7 Å². The Bertz CT molecular complexity index is 1270. The van der Waals surface area contributed by atoms with E-state index in [2.05, 4.69) is 0 Å². The molecule has 1 N–H and O–H groups in total. The van der Waals surface area contributed by atoms with Crippen LogP contribution in [0.2, 0.25) is 0 Å². The summed E-state index contributed by atoms with van der Waals surface area (Å²) in [4.78, 5) is 27.4. The van der Waals surface area contributed by atoms with Gasteiger partial charge in [0.25, 0.3) is 11.7 Å². The first-order valence-electron chi connectivity index (χ1n) is 11.2. The second kappa shape index (κ2) is 11.1. The molecular formula is C25H30N2O8S. The zero-order valence-corrected chi connectivity index (χ0v) is 21.7. The quantitative estimate of drug-likeness (QED) is 0.289. The van der Waals surface area contributed by atoms with E-state index >= 15 is 0 Å². The van der Waals surface area contributed by atoms with Gasteiger partial charge in [-0.2, -0.15) is 0 Å². The number of benzene rings is 2. The summed E-state index contributed by atoms with van der Waals surface area (Å²) < 4.78 is 42.0. The summed E-state index contributed by atoms with van der Waals surface area (Å²) >= 11 is 0. The number of rotatable bonds is 10. The van der Waals surface area contributed by atoms with Crippen LogP contribution in [0, 0.1) is 0 Å². The number of carbonyl (C=O) groups is 2. The van der Waals surface area contributed by atoms with Gasteiger partial charge in [-0.05, 0) is 48.9 Å². The van der Waals surface area contributed by atoms with Crippen LogP contribution in [0.25, 0.3) is 5.76 Å². The lowest BCUT2D eigenvalue weighted by Crippen LogP contribution is -2.32. The van der Waals surface area contributed by atoms with Crippen molar-refractivity contribution in [3.8, 4) is 11.5 Å². The molecule has 11 heteroatoms. The van der Waals surface area contributed by atoms with E-state index in [9.17, 15) is 23.1 Å². The van der Waals surface area contributed by atoms with E-state index in [0.717, 1.165) is 4.31 Å². The van der Waals surface area contributed by atoms with Gasteiger partial charge < -0.3 is 24.2 Å². The average Bonchev–Trinajstić information content (AvgIpc) is 3.12. The van der Waals surface area contributed by atoms with Crippen molar-refractivity contribution in [2.24, 2.45) is 0 Å². The number of likely N-dealkylation sites (tertiary alicyclic amines) is 1. The van der Waals surface area contributed by atoms with Gasteiger partial charge in [0.15, 0.2) is 11.5 Å². The molecule has 0 saturated carbocycles. The van der Waals surface area contributed by atoms with Gasteiger partial charge in [0.2, 0.25) is 10.0 Å². The second-order valence-corrected chi connectivity index (χ2v) is 10.3. The summed E-state index contributed by atoms with van der Waals surface area (Å²) in [5, 5.41) is 11.2. The number of carbonyl (C=O) groups excluding carboxylic acids is 2. The number of nitrogens with zero attached hydrogens (tertiary/aromatic N) is 2. The minimum Gasteiger partial charge on any atom is -0.507 e. The van der Waals surface area contributed by atoms with E-state index in [4.69, 9.17) is 14.2 Å². The fourth-order valence-electron chi connectivity index (χ4n) is 3.93. The minimum atomic E-state index is -3.68. The van der Waals surface area contributed by atoms with Gasteiger partial charge in [0.1, 0.15) is 5.76 Å². The number of amides is 1. The standard InChI is InChI=1S/C25H30N2O8S/c1-6-35-19-12-9-17(15-20(19)34-5)22-21(24(29)25(30)27(22)13-14-33-4)23(28)16-7-10-18(11-8-16)36(31,32)26(2)3/h7-12,15,22,28H,6,13-14H2,1-5H3/b23-21+/t22-/m1/s1. The van der Waals surface area contributed by atoms with Crippen molar-refractivity contribution in [2.75, 3.05) is 48.1 Å². The van der Waals surface area contributed by atoms with Crippen LogP contribution in [0.4, 0.5) is 0 Å². The van der Waals surface area contributed by atoms with Gasteiger partial charge in [0.05, 0.1) is 36.8 Å². The van der Waals surface area contributed by atoms with Crippen molar-refractivity contribution in [1.82, 2.24) is 9.21 Å². The molecule has 0 bridgehead atoms. The van der Waals surface area contributed by atoms with E-state index in [1.54, 1.807) is 18.2 Å². The first kappa shape index (κ1) is 27.2. The van der Waals surface area contributed by atoms with Crippen molar-refractivity contribution in [3.63, 3.8) is 0 Å². The average molecular weight is 519 g/mol. The van der Waals surface area contributed by atoms with Crippen LogP contribution < -0.4 is 9.47 Å². The predicted octanol–water partition coefficient (Wildman–Crippen LogP) is 2.41. The third-order valence-corrected chi connectivity index (χ3v) is 7.62. The van der Waals surface area contributed by atoms with Crippen molar-refractivity contribution in [2.45, 2.75) is 17.9 Å². The van der Waals surface area contributed by atoms with E-state index in [1.165, 1.54) is 57.5 Å². The number of ether oxygens (including phenoxy) is 3. The smallest absolute Gasteiger partial charge is 0.295 e. The molecule has 194 valence electrons. The van der Waals surface area contributed by atoms with E-state index in [-0.39, 0.29) is 29.2 Å². The molecule has 2 aromatic carbocycles. The van der Waals surface area contributed by atoms with Crippen LogP contribution in [0.3, 0.4) is 0 Å². The molecule has 1 heterocycles. The highest BCUT2D eigenvalue weighted by atomic mass is 32.2.